The van der Waals surface area contributed by atoms with Gasteiger partial charge < -0.3 is 34.6 Å². The smallest absolute Gasteiger partial charge is 0.410 e. The fourth-order valence-electron chi connectivity index (χ4n) is 7.89. The van der Waals surface area contributed by atoms with Gasteiger partial charge in [0.15, 0.2) is 0 Å². The number of nitrogens with zero attached hydrogens (tertiary/aromatic N) is 3. The molecule has 4 heterocycles. The van der Waals surface area contributed by atoms with Gasteiger partial charge in [-0.15, -0.1) is 6.58 Å². The van der Waals surface area contributed by atoms with Crippen LogP contribution in [0.4, 0.5) is 14.0 Å². The molecule has 4 aliphatic heterocycles. The van der Waals surface area contributed by atoms with Crippen molar-refractivity contribution in [3.8, 4) is 0 Å². The molecule has 1 aromatic rings. The van der Waals surface area contributed by atoms with Crippen molar-refractivity contribution in [2.24, 2.45) is 5.92 Å². The molecular weight excluding hydrogens is 772 g/mol. The van der Waals surface area contributed by atoms with E-state index in [1.54, 1.807) is 26.8 Å². The standard InChI is InChI=1S/C37H45FN6O12S/c1-5-20-14-37(20,33(49)41-57(52,53)23-9-10-23)40-30(46)27-11-22(55-35(51)42-15-19-7-6-8-25(38)24(19)18-42)17-44(27)31(47)26(39-34(50)56-36(2,3)4)13-29(45)43-16-21-12-28(43)32(48)54-21/h5-8,20-23,26-28H,1,9-18H2,2-4H3,(H,39,50)(H,40,46)(H,41,49)/t20?,21-,22?,26-,27-,28-,37?/m0/s1. The summed E-state index contributed by atoms with van der Waals surface area (Å²) >= 11 is 0. The lowest BCUT2D eigenvalue weighted by Gasteiger charge is -2.32. The topological polar surface area (TPSA) is 227 Å². The number of morpholine rings is 1. The molecule has 18 nitrogen and oxygen atoms in total. The van der Waals surface area contributed by atoms with E-state index >= 15 is 0 Å². The minimum absolute atomic E-state index is 0.0111. The highest BCUT2D eigenvalue weighted by molar-refractivity contribution is 7.91. The molecule has 2 bridgehead atoms. The molecule has 20 heteroatoms. The molecule has 1 aromatic carbocycles. The zero-order valence-electron chi connectivity index (χ0n) is 31.7. The van der Waals surface area contributed by atoms with E-state index in [0.717, 1.165) is 4.90 Å². The van der Waals surface area contributed by atoms with Gasteiger partial charge in [0, 0.05) is 30.9 Å². The van der Waals surface area contributed by atoms with E-state index in [1.165, 1.54) is 28.0 Å². The molecule has 0 spiro atoms. The Morgan fingerprint density at radius 2 is 1.82 bits per heavy atom. The summed E-state index contributed by atoms with van der Waals surface area (Å²) in [6.45, 7) is 8.11. The third-order valence-electron chi connectivity index (χ3n) is 11.1. The van der Waals surface area contributed by atoms with Crippen molar-refractivity contribution in [1.29, 1.82) is 0 Å². The molecule has 3 unspecified atom stereocenters. The summed E-state index contributed by atoms with van der Waals surface area (Å²) in [5.41, 5.74) is -1.82. The molecular formula is C37H45FN6O12S. The van der Waals surface area contributed by atoms with Crippen molar-refractivity contribution in [3.63, 3.8) is 0 Å². The Morgan fingerprint density at radius 3 is 2.44 bits per heavy atom. The van der Waals surface area contributed by atoms with Crippen LogP contribution in [0.5, 0.6) is 0 Å². The number of sulfonamides is 1. The minimum Gasteiger partial charge on any atom is -0.459 e. The lowest BCUT2D eigenvalue weighted by atomic mass is 10.1. The van der Waals surface area contributed by atoms with E-state index in [9.17, 15) is 46.4 Å². The average Bonchev–Trinajstić information content (AvgIpc) is 3.88. The van der Waals surface area contributed by atoms with Crippen molar-refractivity contribution in [3.05, 3.63) is 47.8 Å². The maximum absolute atomic E-state index is 14.6. The minimum atomic E-state index is -4.01. The lowest BCUT2D eigenvalue weighted by Crippen LogP contribution is -2.59. The SMILES string of the molecule is C=CC1CC1(NC(=O)[C@@H]1CC(OC(=O)N2Cc3cccc(F)c3C2)CN1C(=O)[C@H](CC(=O)N1C[C@@H]2C[C@H]1C(=O)O2)NC(=O)OC(C)(C)C)C(=O)NS(=O)(=O)C1CC1. The number of halogens is 1. The third kappa shape index (κ3) is 8.13. The number of carbonyl (C=O) groups is 7. The average molecular weight is 817 g/mol. The Kier molecular flexibility index (Phi) is 10.2. The number of amides is 6. The Hall–Kier alpha value is -5.27. The molecule has 3 saturated heterocycles. The highest BCUT2D eigenvalue weighted by Gasteiger charge is 2.62. The molecule has 7 atom stereocenters. The van der Waals surface area contributed by atoms with E-state index < -0.39 is 123 Å². The van der Waals surface area contributed by atoms with Gasteiger partial charge in [0.2, 0.25) is 27.7 Å². The Labute approximate surface area is 327 Å². The van der Waals surface area contributed by atoms with E-state index in [2.05, 4.69) is 21.9 Å². The quantitative estimate of drug-likeness (QED) is 0.160. The fourth-order valence-corrected chi connectivity index (χ4v) is 9.25. The maximum atomic E-state index is 14.6. The van der Waals surface area contributed by atoms with Gasteiger partial charge in [-0.25, -0.2) is 27.2 Å². The largest absolute Gasteiger partial charge is 0.459 e. The van der Waals surface area contributed by atoms with Crippen molar-refractivity contribution in [2.45, 2.75) is 119 Å². The molecule has 6 amide bonds. The van der Waals surface area contributed by atoms with Crippen LogP contribution in [0.15, 0.2) is 30.9 Å². The number of esters is 1. The second kappa shape index (κ2) is 14.6. The van der Waals surface area contributed by atoms with E-state index in [1.807, 2.05) is 0 Å². The maximum Gasteiger partial charge on any atom is 0.410 e. The van der Waals surface area contributed by atoms with Gasteiger partial charge in [0.05, 0.1) is 31.3 Å². The molecule has 7 rings (SSSR count). The van der Waals surface area contributed by atoms with Crippen molar-refractivity contribution in [2.75, 3.05) is 13.1 Å². The van der Waals surface area contributed by atoms with Crippen molar-refractivity contribution >= 4 is 51.8 Å². The molecule has 0 radical (unpaired) electrons. The van der Waals surface area contributed by atoms with E-state index in [-0.39, 0.29) is 38.9 Å². The Morgan fingerprint density at radius 1 is 1.09 bits per heavy atom. The number of benzene rings is 1. The monoisotopic (exact) mass is 816 g/mol. The summed E-state index contributed by atoms with van der Waals surface area (Å²) < 4.78 is 58.3. The van der Waals surface area contributed by atoms with Crippen LogP contribution >= 0.6 is 0 Å². The zero-order valence-corrected chi connectivity index (χ0v) is 32.5. The van der Waals surface area contributed by atoms with Crippen LogP contribution in [0.1, 0.15) is 70.4 Å². The van der Waals surface area contributed by atoms with Crippen LogP contribution in [0.25, 0.3) is 0 Å². The summed E-state index contributed by atoms with van der Waals surface area (Å²) in [6.07, 6.45) is -2.05. The predicted octanol–water partition coefficient (Wildman–Crippen LogP) is 0.726. The van der Waals surface area contributed by atoms with Crippen molar-refractivity contribution in [1.82, 2.24) is 30.1 Å². The molecule has 308 valence electrons. The summed E-state index contributed by atoms with van der Waals surface area (Å²) in [7, 11) is -4.01. The number of hydrogen-bond donors (Lipinski definition) is 3. The molecule has 0 aromatic heterocycles. The first-order valence-electron chi connectivity index (χ1n) is 18.8. The summed E-state index contributed by atoms with van der Waals surface area (Å²) in [5, 5.41) is 4.33. The van der Waals surface area contributed by atoms with Gasteiger partial charge in [-0.1, -0.05) is 18.2 Å². The molecule has 2 saturated carbocycles. The highest BCUT2D eigenvalue weighted by Crippen LogP contribution is 2.45. The van der Waals surface area contributed by atoms with Gasteiger partial charge in [-0.2, -0.15) is 0 Å². The highest BCUT2D eigenvalue weighted by atomic mass is 32.2. The lowest BCUT2D eigenvalue weighted by molar-refractivity contribution is -0.157. The van der Waals surface area contributed by atoms with Gasteiger partial charge in [0.25, 0.3) is 5.91 Å². The number of rotatable bonds is 11. The fraction of sp³-hybridized carbons (Fsp3) is 0.595. The van der Waals surface area contributed by atoms with Crippen LogP contribution in [0.3, 0.4) is 0 Å². The van der Waals surface area contributed by atoms with Crippen LogP contribution < -0.4 is 15.4 Å². The molecule has 3 N–H and O–H groups in total. The number of hydrogen-bond acceptors (Lipinski definition) is 12. The third-order valence-corrected chi connectivity index (χ3v) is 12.9. The summed E-state index contributed by atoms with van der Waals surface area (Å²) in [4.78, 5) is 98.3. The first-order chi connectivity index (χ1) is 26.8. The zero-order chi connectivity index (χ0) is 41.2. The van der Waals surface area contributed by atoms with Gasteiger partial charge in [-0.3, -0.25) is 28.8 Å². The second-order valence-corrected chi connectivity index (χ2v) is 18.4. The summed E-state index contributed by atoms with van der Waals surface area (Å²) in [6, 6.07) is 0.495. The van der Waals surface area contributed by atoms with Crippen LogP contribution in [0, 0.1) is 11.7 Å². The van der Waals surface area contributed by atoms with Crippen molar-refractivity contribution < 1.29 is 60.6 Å². The van der Waals surface area contributed by atoms with Crippen LogP contribution in [0.2, 0.25) is 0 Å². The number of nitrogens with one attached hydrogen (secondary N) is 3. The first-order valence-corrected chi connectivity index (χ1v) is 20.4. The number of ether oxygens (including phenoxy) is 3. The Bertz CT molecular complexity index is 2040. The molecule has 6 aliphatic rings. The predicted molar refractivity (Wildman–Crippen MR) is 193 cm³/mol. The molecule has 5 fully saturated rings. The second-order valence-electron chi connectivity index (χ2n) is 16.4. The van der Waals surface area contributed by atoms with Gasteiger partial charge in [-0.05, 0) is 51.7 Å². The van der Waals surface area contributed by atoms with E-state index in [0.29, 0.717) is 24.0 Å². The number of alkyl carbamates (subject to hydrolysis) is 1. The number of likely N-dealkylation sites (tertiary alicyclic amines) is 2. The van der Waals surface area contributed by atoms with Crippen LogP contribution in [-0.4, -0.2) is 125 Å². The molecule has 57 heavy (non-hydrogen) atoms. The Balaban J connectivity index is 1.14. The molecule has 2 aliphatic carbocycles. The first kappa shape index (κ1) is 39.9. The number of fused-ring (bicyclic) bond motifs is 3. The summed E-state index contributed by atoms with van der Waals surface area (Å²) in [5.74, 6) is -5.21. The number of carbonyl (C=O) groups excluding carboxylic acids is 7. The van der Waals surface area contributed by atoms with E-state index in [4.69, 9.17) is 14.2 Å². The van der Waals surface area contributed by atoms with Gasteiger partial charge in [0.1, 0.15) is 47.3 Å². The normalized spacial score (nSPS) is 27.9. The van der Waals surface area contributed by atoms with Gasteiger partial charge >= 0.3 is 18.2 Å². The van der Waals surface area contributed by atoms with Crippen LogP contribution in [-0.2, 0) is 61.3 Å².